The minimum absolute atomic E-state index is 0.457. The third-order valence-electron chi connectivity index (χ3n) is 2.65. The van der Waals surface area contributed by atoms with Gasteiger partial charge in [0.05, 0.1) is 10.9 Å². The number of halogens is 3. The number of aromatic nitrogens is 1. The van der Waals surface area contributed by atoms with Crippen molar-refractivity contribution in [3.05, 3.63) is 40.9 Å². The molecule has 1 aromatic carbocycles. The lowest BCUT2D eigenvalue weighted by atomic mass is 10.1. The highest BCUT2D eigenvalue weighted by molar-refractivity contribution is 5.91. The molecule has 0 unspecified atom stereocenters. The van der Waals surface area contributed by atoms with Gasteiger partial charge in [0.25, 0.3) is 5.69 Å². The van der Waals surface area contributed by atoms with Crippen molar-refractivity contribution in [2.75, 3.05) is 0 Å². The lowest BCUT2D eigenvalue weighted by molar-refractivity contribution is -0.472. The quantitative estimate of drug-likeness (QED) is 0.686. The molecule has 0 spiro atoms. The number of rotatable bonds is 0. The summed E-state index contributed by atoms with van der Waals surface area (Å²) in [6.45, 7) is 0.457. The predicted octanol–water partition coefficient (Wildman–Crippen LogP) is 1.46. The van der Waals surface area contributed by atoms with Crippen LogP contribution < -0.4 is 5.11 Å². The molecule has 0 fully saturated rings. The van der Waals surface area contributed by atoms with E-state index in [9.17, 15) is 18.1 Å². The van der Waals surface area contributed by atoms with E-state index in [1.54, 1.807) is 6.20 Å². The third kappa shape index (κ3) is 2.58. The van der Waals surface area contributed by atoms with E-state index in [-0.39, 0.29) is 0 Å². The summed E-state index contributed by atoms with van der Waals surface area (Å²) in [5.41, 5.74) is 2.74. The summed E-state index contributed by atoms with van der Waals surface area (Å²) in [5.74, 6) is -3.01. The molecule has 104 valence electrons. The number of hydrogen-bond donors (Lipinski definition) is 0. The smallest absolute Gasteiger partial charge is 0.430 e. The molecule has 0 aliphatic carbocycles. The molecule has 8 heteroatoms. The van der Waals surface area contributed by atoms with Gasteiger partial charge in [-0.1, -0.05) is 6.07 Å². The highest BCUT2D eigenvalue weighted by atomic mass is 19.4. The van der Waals surface area contributed by atoms with Crippen molar-refractivity contribution >= 4 is 22.6 Å². The van der Waals surface area contributed by atoms with Crippen LogP contribution in [0.4, 0.5) is 18.9 Å². The van der Waals surface area contributed by atoms with Gasteiger partial charge in [-0.3, -0.25) is 4.98 Å². The summed E-state index contributed by atoms with van der Waals surface area (Å²) in [4.78, 5) is 24.4. The summed E-state index contributed by atoms with van der Waals surface area (Å²) in [7, 11) is 0. The third-order valence-corrected chi connectivity index (χ3v) is 2.65. The average molecular weight is 284 g/mol. The zero-order valence-electron chi connectivity index (χ0n) is 9.85. The second kappa shape index (κ2) is 4.87. The fraction of sp³-hybridized carbons (Fsp3) is 0.167. The maximum Gasteiger partial charge on any atom is 0.430 e. The largest absolute Gasteiger partial charge is 0.542 e. The van der Waals surface area contributed by atoms with Crippen LogP contribution in [0, 0.1) is 4.91 Å². The maximum absolute atomic E-state index is 11.4. The molecule has 0 N–H and O–H groups in total. The van der Waals surface area contributed by atoms with Crippen molar-refractivity contribution in [2.24, 2.45) is 0 Å². The Balaban J connectivity index is 0.000000182. The Hall–Kier alpha value is -2.51. The van der Waals surface area contributed by atoms with Gasteiger partial charge in [0.1, 0.15) is 5.97 Å². The Bertz CT molecular complexity index is 693. The molecule has 2 aromatic rings. The summed E-state index contributed by atoms with van der Waals surface area (Å²) >= 11 is 0. The SMILES string of the molecule is O=C([O-])C(F)(F)F.O=[N+]1Cc2ccnc3cccc1c23. The van der Waals surface area contributed by atoms with Gasteiger partial charge in [-0.2, -0.15) is 13.2 Å². The zero-order valence-corrected chi connectivity index (χ0v) is 9.85. The molecule has 2 heterocycles. The molecule has 1 aliphatic rings. The fourth-order valence-electron chi connectivity index (χ4n) is 1.84. The Morgan fingerprint density at radius 2 is 1.95 bits per heavy atom. The van der Waals surface area contributed by atoms with Crippen molar-refractivity contribution < 1.29 is 27.8 Å². The molecule has 5 nitrogen and oxygen atoms in total. The van der Waals surface area contributed by atoms with E-state index in [1.807, 2.05) is 24.3 Å². The molecular weight excluding hydrogens is 277 g/mol. The van der Waals surface area contributed by atoms with Crippen LogP contribution >= 0.6 is 0 Å². The number of aliphatic carboxylic acids is 1. The summed E-state index contributed by atoms with van der Waals surface area (Å²) < 4.78 is 32.6. The number of carbonyl (C=O) groups excluding carboxylic acids is 1. The van der Waals surface area contributed by atoms with Gasteiger partial charge < -0.3 is 9.90 Å². The highest BCUT2D eigenvalue weighted by Crippen LogP contribution is 2.34. The second-order valence-corrected chi connectivity index (χ2v) is 3.96. The number of carboxylic acid groups (broad SMARTS) is 1. The first-order valence-electron chi connectivity index (χ1n) is 5.40. The van der Waals surface area contributed by atoms with E-state index in [0.29, 0.717) is 6.54 Å². The Morgan fingerprint density at radius 3 is 2.55 bits per heavy atom. The minimum atomic E-state index is -5.19. The number of nitrogens with zero attached hydrogens (tertiary/aromatic N) is 2. The van der Waals surface area contributed by atoms with Crippen molar-refractivity contribution in [1.82, 2.24) is 4.98 Å². The van der Waals surface area contributed by atoms with Gasteiger partial charge >= 0.3 is 6.18 Å². The lowest BCUT2D eigenvalue weighted by Crippen LogP contribution is -2.37. The molecule has 0 saturated heterocycles. The molecule has 0 atom stereocenters. The summed E-state index contributed by atoms with van der Waals surface area (Å²) in [6.07, 6.45) is -3.44. The van der Waals surface area contributed by atoms with Gasteiger partial charge in [0.2, 0.25) is 6.54 Å². The molecule has 0 amide bonds. The van der Waals surface area contributed by atoms with E-state index in [1.165, 1.54) is 0 Å². The molecule has 1 aliphatic heterocycles. The van der Waals surface area contributed by atoms with Crippen LogP contribution in [0.25, 0.3) is 10.9 Å². The topological polar surface area (TPSA) is 73.1 Å². The number of benzene rings is 1. The number of alkyl halides is 3. The van der Waals surface area contributed by atoms with Crippen molar-refractivity contribution in [3.8, 4) is 0 Å². The molecule has 1 aromatic heterocycles. The van der Waals surface area contributed by atoms with Crippen molar-refractivity contribution in [3.63, 3.8) is 0 Å². The maximum atomic E-state index is 11.4. The summed E-state index contributed by atoms with van der Waals surface area (Å²) in [5, 5.41) is 9.80. The number of hydrogen-bond acceptors (Lipinski definition) is 4. The van der Waals surface area contributed by atoms with Gasteiger partial charge in [0, 0.05) is 27.5 Å². The zero-order chi connectivity index (χ0) is 14.9. The van der Waals surface area contributed by atoms with Crippen LogP contribution in [-0.4, -0.2) is 21.9 Å². The normalized spacial score (nSPS) is 13.1. The molecular formula is C12H7F3N2O3. The van der Waals surface area contributed by atoms with E-state index in [2.05, 4.69) is 4.98 Å². The Morgan fingerprint density at radius 1 is 1.30 bits per heavy atom. The molecule has 0 bridgehead atoms. The number of carboxylic acids is 1. The fourth-order valence-corrected chi connectivity index (χ4v) is 1.84. The van der Waals surface area contributed by atoms with Gasteiger partial charge in [-0.15, -0.1) is 0 Å². The van der Waals surface area contributed by atoms with Crippen LogP contribution in [0.3, 0.4) is 0 Å². The lowest BCUT2D eigenvalue weighted by Gasteiger charge is -2.03. The first kappa shape index (κ1) is 13.9. The molecule has 0 saturated carbocycles. The second-order valence-electron chi connectivity index (χ2n) is 3.96. The van der Waals surface area contributed by atoms with E-state index < -0.39 is 12.1 Å². The van der Waals surface area contributed by atoms with Gasteiger partial charge in [0.15, 0.2) is 0 Å². The highest BCUT2D eigenvalue weighted by Gasteiger charge is 2.29. The van der Waals surface area contributed by atoms with Crippen LogP contribution in [0.5, 0.6) is 0 Å². The van der Waals surface area contributed by atoms with Gasteiger partial charge in [-0.05, 0) is 12.1 Å². The van der Waals surface area contributed by atoms with E-state index in [0.717, 1.165) is 26.9 Å². The van der Waals surface area contributed by atoms with Crippen LogP contribution in [0.15, 0.2) is 30.5 Å². The molecule has 0 radical (unpaired) electrons. The van der Waals surface area contributed by atoms with Crippen LogP contribution in [0.2, 0.25) is 0 Å². The number of carbonyl (C=O) groups is 1. The minimum Gasteiger partial charge on any atom is -0.542 e. The van der Waals surface area contributed by atoms with Crippen LogP contribution in [0.1, 0.15) is 5.56 Å². The predicted molar refractivity (Wildman–Crippen MR) is 59.8 cm³/mol. The van der Waals surface area contributed by atoms with Crippen molar-refractivity contribution in [1.29, 1.82) is 0 Å². The standard InChI is InChI=1S/C10H7N2O.C2HF3O2/c13-12-6-7-4-5-11-8-2-1-3-9(12)10(7)8;3-2(4,5)1(6)7/h1-5H,6H2;(H,6,7)/q+1;/p-1. The molecule has 20 heavy (non-hydrogen) atoms. The summed E-state index contributed by atoms with van der Waals surface area (Å²) in [6, 6.07) is 7.55. The molecule has 3 rings (SSSR count). The van der Waals surface area contributed by atoms with E-state index >= 15 is 0 Å². The van der Waals surface area contributed by atoms with Gasteiger partial charge in [-0.25, -0.2) is 0 Å². The Kier molecular flexibility index (Phi) is 3.39. The monoisotopic (exact) mass is 284 g/mol. The first-order valence-corrected chi connectivity index (χ1v) is 5.40. The number of pyridine rings is 1. The average Bonchev–Trinajstić information content (AvgIpc) is 2.69. The Labute approximate surface area is 110 Å². The first-order chi connectivity index (χ1) is 9.30. The number of nitroso groups, excluding NO2 is 1. The van der Waals surface area contributed by atoms with E-state index in [4.69, 9.17) is 9.90 Å². The van der Waals surface area contributed by atoms with Crippen LogP contribution in [-0.2, 0) is 11.3 Å². The van der Waals surface area contributed by atoms with Crippen molar-refractivity contribution in [2.45, 2.75) is 12.7 Å².